The molecular weight excluding hydrogens is 442 g/mol. The van der Waals surface area contributed by atoms with Crippen molar-refractivity contribution in [2.45, 2.75) is 19.3 Å². The molecule has 0 unspecified atom stereocenters. The van der Waals surface area contributed by atoms with Crippen LogP contribution in [0.5, 0.6) is 0 Å². The average Bonchev–Trinajstić information content (AvgIpc) is 3.37. The monoisotopic (exact) mass is 473 g/mol. The maximum Gasteiger partial charge on any atom is 0.227 e. The molecule has 4 aromatic rings. The Balaban J connectivity index is 0.000000509. The fourth-order valence-electron chi connectivity index (χ4n) is 3.32. The lowest BCUT2D eigenvalue weighted by Gasteiger charge is -2.04. The molecule has 4 rings (SSSR count). The Labute approximate surface area is 205 Å². The quantitative estimate of drug-likeness (QED) is 0.238. The Morgan fingerprint density at radius 1 is 0.943 bits per heavy atom. The van der Waals surface area contributed by atoms with E-state index < -0.39 is 0 Å². The van der Waals surface area contributed by atoms with Gasteiger partial charge < -0.3 is 25.3 Å². The van der Waals surface area contributed by atoms with Crippen molar-refractivity contribution < 1.29 is 14.1 Å². The molecule has 8 nitrogen and oxygen atoms in total. The van der Waals surface area contributed by atoms with Crippen molar-refractivity contribution in [2.24, 2.45) is 0 Å². The lowest BCUT2D eigenvalue weighted by atomic mass is 10.1. The van der Waals surface area contributed by atoms with E-state index in [1.54, 1.807) is 12.1 Å². The van der Waals surface area contributed by atoms with Crippen LogP contribution in [-0.4, -0.2) is 49.5 Å². The lowest BCUT2D eigenvalue weighted by Crippen LogP contribution is -2.21. The van der Waals surface area contributed by atoms with Gasteiger partial charge in [-0.1, -0.05) is 53.7 Å². The topological polar surface area (TPSA) is 109 Å². The van der Waals surface area contributed by atoms with Crippen LogP contribution >= 0.6 is 0 Å². The number of likely N-dealkylation sites (N-methyl/N-ethyl adjacent to an activating group) is 2. The summed E-state index contributed by atoms with van der Waals surface area (Å²) in [6.07, 6.45) is 1.81. The zero-order valence-corrected chi connectivity index (χ0v) is 20.1. The van der Waals surface area contributed by atoms with Crippen LogP contribution in [0.15, 0.2) is 71.3 Å². The number of carbonyl (C=O) groups excluding carboxylic acids is 2. The second-order valence-electron chi connectivity index (χ2n) is 7.90. The van der Waals surface area contributed by atoms with E-state index in [1.807, 2.05) is 62.6 Å². The van der Waals surface area contributed by atoms with Crippen LogP contribution in [0.2, 0.25) is 0 Å². The summed E-state index contributed by atoms with van der Waals surface area (Å²) in [5.41, 5.74) is 2.47. The molecule has 0 aliphatic carbocycles. The highest BCUT2D eigenvalue weighted by molar-refractivity contribution is 5.90. The summed E-state index contributed by atoms with van der Waals surface area (Å²) in [6.45, 7) is 2.10. The first kappa shape index (κ1) is 25.7. The molecule has 182 valence electrons. The molecule has 3 N–H and O–H groups in total. The summed E-state index contributed by atoms with van der Waals surface area (Å²) in [7, 11) is 3.88. The molecule has 0 saturated carbocycles. The van der Waals surface area contributed by atoms with Crippen LogP contribution < -0.4 is 16.0 Å². The average molecular weight is 474 g/mol. The van der Waals surface area contributed by atoms with Crippen LogP contribution in [0.25, 0.3) is 22.2 Å². The molecule has 3 aromatic carbocycles. The van der Waals surface area contributed by atoms with Crippen molar-refractivity contribution in [1.82, 2.24) is 20.8 Å². The minimum absolute atomic E-state index is 0.140. The third-order valence-electron chi connectivity index (χ3n) is 5.22. The number of nitrogens with zero attached hydrogens (tertiary/aromatic N) is 2. The van der Waals surface area contributed by atoms with Gasteiger partial charge in [0.2, 0.25) is 17.6 Å². The molecule has 0 saturated heterocycles. The number of carbonyl (C=O) groups is 2. The number of nitrogens with one attached hydrogen (secondary N) is 3. The molecule has 0 aliphatic rings. The molecule has 8 heteroatoms. The summed E-state index contributed by atoms with van der Waals surface area (Å²) >= 11 is 0. The number of rotatable bonds is 10. The number of anilines is 1. The highest BCUT2D eigenvalue weighted by Crippen LogP contribution is 2.22. The molecule has 0 aliphatic heterocycles. The number of amides is 1. The van der Waals surface area contributed by atoms with Crippen molar-refractivity contribution in [3.05, 3.63) is 78.2 Å². The predicted molar refractivity (Wildman–Crippen MR) is 138 cm³/mol. The molecule has 35 heavy (non-hydrogen) atoms. The van der Waals surface area contributed by atoms with Gasteiger partial charge in [-0.15, -0.1) is 0 Å². The van der Waals surface area contributed by atoms with Crippen LogP contribution in [0.3, 0.4) is 0 Å². The Morgan fingerprint density at radius 2 is 1.66 bits per heavy atom. The van der Waals surface area contributed by atoms with Gasteiger partial charge in [0.25, 0.3) is 0 Å². The van der Waals surface area contributed by atoms with Crippen molar-refractivity contribution in [3.63, 3.8) is 0 Å². The van der Waals surface area contributed by atoms with Gasteiger partial charge in [0.15, 0.2) is 0 Å². The third kappa shape index (κ3) is 8.13. The number of aryl methyl sites for hydroxylation is 1. The lowest BCUT2D eigenvalue weighted by molar-refractivity contribution is -0.116. The maximum atomic E-state index is 12.2. The second-order valence-corrected chi connectivity index (χ2v) is 7.90. The summed E-state index contributed by atoms with van der Waals surface area (Å²) in [5.74, 6) is 0.792. The van der Waals surface area contributed by atoms with E-state index in [0.717, 1.165) is 41.3 Å². The van der Waals surface area contributed by atoms with Gasteiger partial charge in [-0.25, -0.2) is 0 Å². The van der Waals surface area contributed by atoms with Gasteiger partial charge in [0.05, 0.1) is 0 Å². The number of aromatic nitrogens is 2. The third-order valence-corrected chi connectivity index (χ3v) is 5.22. The van der Waals surface area contributed by atoms with Crippen LogP contribution in [-0.2, 0) is 22.4 Å². The summed E-state index contributed by atoms with van der Waals surface area (Å²) in [4.78, 5) is 27.1. The minimum Gasteiger partial charge on any atom is -0.339 e. The van der Waals surface area contributed by atoms with E-state index in [0.29, 0.717) is 30.2 Å². The Kier molecular flexibility index (Phi) is 10.1. The van der Waals surface area contributed by atoms with Crippen LogP contribution in [0, 0.1) is 0 Å². The number of aldehydes is 1. The van der Waals surface area contributed by atoms with E-state index in [9.17, 15) is 9.59 Å². The Bertz CT molecular complexity index is 1220. The molecule has 1 heterocycles. The SMILES string of the molecule is CNCCNC.O=CCc1ccc(NC(=O)CCc2nc(-c3ccc4ccccc4c3)no2)cc1. The van der Waals surface area contributed by atoms with Crippen molar-refractivity contribution in [2.75, 3.05) is 32.5 Å². The van der Waals surface area contributed by atoms with Gasteiger partial charge in [-0.2, -0.15) is 4.98 Å². The Hall–Kier alpha value is -3.88. The maximum absolute atomic E-state index is 12.2. The van der Waals surface area contributed by atoms with Gasteiger partial charge in [0, 0.05) is 43.6 Å². The van der Waals surface area contributed by atoms with Crippen molar-refractivity contribution in [1.29, 1.82) is 0 Å². The molecule has 0 radical (unpaired) electrons. The van der Waals surface area contributed by atoms with Crippen LogP contribution in [0.4, 0.5) is 5.69 Å². The molecule has 0 spiro atoms. The number of hydrogen-bond acceptors (Lipinski definition) is 7. The first-order valence-corrected chi connectivity index (χ1v) is 11.6. The highest BCUT2D eigenvalue weighted by Gasteiger charge is 2.11. The summed E-state index contributed by atoms with van der Waals surface area (Å²) < 4.78 is 5.30. The second kappa shape index (κ2) is 13.7. The summed E-state index contributed by atoms with van der Waals surface area (Å²) in [5, 5.41) is 15.1. The fourth-order valence-corrected chi connectivity index (χ4v) is 3.32. The number of benzene rings is 3. The van der Waals surface area contributed by atoms with E-state index in [4.69, 9.17) is 4.52 Å². The van der Waals surface area contributed by atoms with Gasteiger partial charge >= 0.3 is 0 Å². The van der Waals surface area contributed by atoms with Gasteiger partial charge in [-0.05, 0) is 48.6 Å². The standard InChI is InChI=1S/C23H19N3O3.C4H12N2/c27-14-13-16-5-9-20(10-6-16)24-21(28)11-12-22-25-23(26-29-22)19-8-7-17-3-1-2-4-18(17)15-19;1-5-3-4-6-2/h1-10,14-15H,11-13H2,(H,24,28);5-6H,3-4H2,1-2H3. The largest absolute Gasteiger partial charge is 0.339 e. The number of hydrogen-bond donors (Lipinski definition) is 3. The van der Waals surface area contributed by atoms with Crippen molar-refractivity contribution >= 4 is 28.7 Å². The molecule has 0 fully saturated rings. The molecule has 0 atom stereocenters. The van der Waals surface area contributed by atoms with Gasteiger partial charge in [-0.3, -0.25) is 4.79 Å². The van der Waals surface area contributed by atoms with Crippen LogP contribution in [0.1, 0.15) is 17.9 Å². The molecule has 1 aromatic heterocycles. The van der Waals surface area contributed by atoms with Crippen molar-refractivity contribution in [3.8, 4) is 11.4 Å². The summed E-state index contributed by atoms with van der Waals surface area (Å²) in [6, 6.07) is 21.3. The number of fused-ring (bicyclic) bond motifs is 1. The van der Waals surface area contributed by atoms with E-state index in [1.165, 1.54) is 0 Å². The Morgan fingerprint density at radius 3 is 2.34 bits per heavy atom. The molecular formula is C27H31N5O3. The highest BCUT2D eigenvalue weighted by atomic mass is 16.5. The van der Waals surface area contributed by atoms with E-state index in [2.05, 4.69) is 32.2 Å². The fraction of sp³-hybridized carbons (Fsp3) is 0.259. The zero-order valence-electron chi connectivity index (χ0n) is 20.1. The van der Waals surface area contributed by atoms with E-state index >= 15 is 0 Å². The first-order valence-electron chi connectivity index (χ1n) is 11.6. The minimum atomic E-state index is -0.140. The van der Waals surface area contributed by atoms with E-state index in [-0.39, 0.29) is 12.3 Å². The molecule has 0 bridgehead atoms. The first-order chi connectivity index (χ1) is 17.1. The smallest absolute Gasteiger partial charge is 0.227 e. The van der Waals surface area contributed by atoms with Gasteiger partial charge in [0.1, 0.15) is 6.29 Å². The zero-order chi connectivity index (χ0) is 24.9. The normalized spacial score (nSPS) is 10.5. The molecule has 1 amide bonds. The predicted octanol–water partition coefficient (Wildman–Crippen LogP) is 3.63.